The van der Waals surface area contributed by atoms with E-state index in [1.807, 2.05) is 24.6 Å². The van der Waals surface area contributed by atoms with E-state index in [1.54, 1.807) is 19.1 Å². The number of sulfone groups is 1. The van der Waals surface area contributed by atoms with Crippen LogP contribution in [0.5, 0.6) is 0 Å². The molecule has 0 unspecified atom stereocenters. The van der Waals surface area contributed by atoms with Gasteiger partial charge in [-0.3, -0.25) is 0 Å². The van der Waals surface area contributed by atoms with E-state index >= 15 is 0 Å². The molecule has 0 atom stereocenters. The van der Waals surface area contributed by atoms with Crippen molar-refractivity contribution in [2.45, 2.75) is 13.8 Å². The average molecular weight is 239 g/mol. The molecule has 0 aliphatic heterocycles. The molecule has 88 valence electrons. The van der Waals surface area contributed by atoms with Crippen LogP contribution in [0.15, 0.2) is 18.7 Å². The Morgan fingerprint density at radius 2 is 2.06 bits per heavy atom. The Morgan fingerprint density at radius 3 is 2.44 bits per heavy atom. The number of aryl methyl sites for hydroxylation is 1. The van der Waals surface area contributed by atoms with E-state index in [0.29, 0.717) is 4.91 Å². The molecule has 0 N–H and O–H groups in total. The molecule has 0 fully saturated rings. The van der Waals surface area contributed by atoms with E-state index in [9.17, 15) is 8.42 Å². The van der Waals surface area contributed by atoms with Gasteiger partial charge < -0.3 is 4.57 Å². The summed E-state index contributed by atoms with van der Waals surface area (Å²) in [6.07, 6.45) is 4.52. The van der Waals surface area contributed by atoms with E-state index in [4.69, 9.17) is 0 Å². The van der Waals surface area contributed by atoms with Gasteiger partial charge in [-0.2, -0.15) is 0 Å². The minimum absolute atomic E-state index is 0.353. The zero-order valence-electron chi connectivity index (χ0n) is 10.1. The molecule has 1 rings (SSSR count). The fourth-order valence-electron chi connectivity index (χ4n) is 1.76. The lowest BCUT2D eigenvalue weighted by atomic mass is 10.2. The third-order valence-corrected chi connectivity index (χ3v) is 3.89. The Hall–Kier alpha value is -1.29. The third kappa shape index (κ3) is 2.11. The Bertz CT molecular complexity index is 548. The van der Waals surface area contributed by atoms with Gasteiger partial charge in [0.1, 0.15) is 0 Å². The molecule has 0 amide bonds. The SMILES string of the molecule is C=Cc1c(/C(=C\C)S(C)(=O)=O)cc(C)n1C. The fraction of sp³-hybridized carbons (Fsp3) is 0.333. The van der Waals surface area contributed by atoms with Crippen LogP contribution < -0.4 is 0 Å². The van der Waals surface area contributed by atoms with Gasteiger partial charge in [0.05, 0.1) is 4.91 Å². The van der Waals surface area contributed by atoms with Crippen molar-refractivity contribution in [2.75, 3.05) is 6.26 Å². The minimum Gasteiger partial charge on any atom is -0.348 e. The highest BCUT2D eigenvalue weighted by atomic mass is 32.2. The molecule has 1 heterocycles. The van der Waals surface area contributed by atoms with E-state index in [2.05, 4.69) is 6.58 Å². The second-order valence-corrected chi connectivity index (χ2v) is 5.76. The van der Waals surface area contributed by atoms with Gasteiger partial charge in [-0.15, -0.1) is 0 Å². The maximum atomic E-state index is 11.6. The molecular weight excluding hydrogens is 222 g/mol. The van der Waals surface area contributed by atoms with Gasteiger partial charge in [-0.05, 0) is 26.0 Å². The highest BCUT2D eigenvalue weighted by Crippen LogP contribution is 2.27. The number of aromatic nitrogens is 1. The fourth-order valence-corrected chi connectivity index (χ4v) is 2.76. The van der Waals surface area contributed by atoms with Crippen molar-refractivity contribution in [3.63, 3.8) is 0 Å². The number of allylic oxidation sites excluding steroid dienone is 1. The lowest BCUT2D eigenvalue weighted by Gasteiger charge is -2.05. The second-order valence-electron chi connectivity index (χ2n) is 3.77. The summed E-state index contributed by atoms with van der Waals surface area (Å²) in [5, 5.41) is 0. The Kier molecular flexibility index (Phi) is 3.43. The number of rotatable bonds is 3. The Balaban J connectivity index is 3.56. The third-order valence-electron chi connectivity index (χ3n) is 2.64. The summed E-state index contributed by atoms with van der Waals surface area (Å²) in [6.45, 7) is 7.39. The predicted octanol–water partition coefficient (Wildman–Crippen LogP) is 2.38. The maximum Gasteiger partial charge on any atom is 0.175 e. The van der Waals surface area contributed by atoms with E-state index in [0.717, 1.165) is 17.0 Å². The lowest BCUT2D eigenvalue weighted by molar-refractivity contribution is 0.611. The van der Waals surface area contributed by atoms with Crippen molar-refractivity contribution >= 4 is 20.8 Å². The first kappa shape index (κ1) is 12.8. The summed E-state index contributed by atoms with van der Waals surface area (Å²) in [5.74, 6) is 0. The average Bonchev–Trinajstić information content (AvgIpc) is 2.42. The Morgan fingerprint density at radius 1 is 1.50 bits per heavy atom. The molecule has 0 aliphatic rings. The van der Waals surface area contributed by atoms with Crippen LogP contribution in [0.2, 0.25) is 0 Å². The van der Waals surface area contributed by atoms with Crippen LogP contribution in [0.25, 0.3) is 11.0 Å². The zero-order chi connectivity index (χ0) is 12.5. The molecule has 0 bridgehead atoms. The first-order chi connectivity index (χ1) is 7.32. The summed E-state index contributed by atoms with van der Waals surface area (Å²) in [4.78, 5) is 0.353. The van der Waals surface area contributed by atoms with Crippen LogP contribution in [0.3, 0.4) is 0 Å². The highest BCUT2D eigenvalue weighted by Gasteiger charge is 2.18. The normalized spacial score (nSPS) is 12.9. The van der Waals surface area contributed by atoms with E-state index in [-0.39, 0.29) is 0 Å². The number of hydrogen-bond donors (Lipinski definition) is 0. The van der Waals surface area contributed by atoms with Crippen molar-refractivity contribution in [3.8, 4) is 0 Å². The molecule has 1 aromatic rings. The molecule has 0 saturated heterocycles. The number of nitrogens with zero attached hydrogens (tertiary/aromatic N) is 1. The van der Waals surface area contributed by atoms with Gasteiger partial charge in [-0.1, -0.05) is 12.7 Å². The van der Waals surface area contributed by atoms with Gasteiger partial charge in [0, 0.05) is 30.3 Å². The largest absolute Gasteiger partial charge is 0.348 e. The molecule has 0 radical (unpaired) electrons. The predicted molar refractivity (Wildman–Crippen MR) is 68.7 cm³/mol. The van der Waals surface area contributed by atoms with Crippen LogP contribution >= 0.6 is 0 Å². The standard InChI is InChI=1S/C12H17NO2S/c1-6-11-10(8-9(3)13(11)4)12(7-2)16(5,14)15/h6-8H,1H2,2-5H3/b12-7+. The molecule has 16 heavy (non-hydrogen) atoms. The van der Waals surface area contributed by atoms with Crippen LogP contribution in [0.4, 0.5) is 0 Å². The highest BCUT2D eigenvalue weighted by molar-refractivity contribution is 8.00. The van der Waals surface area contributed by atoms with Crippen molar-refractivity contribution in [1.82, 2.24) is 4.57 Å². The summed E-state index contributed by atoms with van der Waals surface area (Å²) >= 11 is 0. The minimum atomic E-state index is -3.20. The first-order valence-corrected chi connectivity index (χ1v) is 6.87. The van der Waals surface area contributed by atoms with E-state index < -0.39 is 9.84 Å². The van der Waals surface area contributed by atoms with Gasteiger partial charge in [0.2, 0.25) is 0 Å². The molecule has 0 spiro atoms. The summed E-state index contributed by atoms with van der Waals surface area (Å²) < 4.78 is 25.2. The molecule has 0 saturated carbocycles. The summed E-state index contributed by atoms with van der Waals surface area (Å²) in [7, 11) is -1.31. The van der Waals surface area contributed by atoms with Gasteiger partial charge in [-0.25, -0.2) is 8.42 Å². The first-order valence-electron chi connectivity index (χ1n) is 4.98. The second kappa shape index (κ2) is 4.29. The monoisotopic (exact) mass is 239 g/mol. The molecular formula is C12H17NO2S. The van der Waals surface area contributed by atoms with Gasteiger partial charge in [0.15, 0.2) is 9.84 Å². The lowest BCUT2D eigenvalue weighted by Crippen LogP contribution is -2.01. The van der Waals surface area contributed by atoms with Crippen molar-refractivity contribution in [3.05, 3.63) is 35.7 Å². The number of hydrogen-bond acceptors (Lipinski definition) is 2. The maximum absolute atomic E-state index is 11.6. The molecule has 4 heteroatoms. The molecule has 0 aliphatic carbocycles. The smallest absolute Gasteiger partial charge is 0.175 e. The summed E-state index contributed by atoms with van der Waals surface area (Å²) in [6, 6.07) is 1.87. The van der Waals surface area contributed by atoms with Crippen LogP contribution in [0, 0.1) is 6.92 Å². The molecule has 0 aromatic carbocycles. The molecule has 1 aromatic heterocycles. The molecule has 3 nitrogen and oxygen atoms in total. The van der Waals surface area contributed by atoms with Crippen molar-refractivity contribution in [1.29, 1.82) is 0 Å². The summed E-state index contributed by atoms with van der Waals surface area (Å²) in [5.41, 5.74) is 2.56. The van der Waals surface area contributed by atoms with Gasteiger partial charge in [0.25, 0.3) is 0 Å². The van der Waals surface area contributed by atoms with Crippen LogP contribution in [-0.4, -0.2) is 19.2 Å². The van der Waals surface area contributed by atoms with Crippen molar-refractivity contribution in [2.24, 2.45) is 7.05 Å². The quantitative estimate of drug-likeness (QED) is 0.812. The Labute approximate surface area is 97.0 Å². The van der Waals surface area contributed by atoms with Gasteiger partial charge >= 0.3 is 0 Å². The topological polar surface area (TPSA) is 39.1 Å². The van der Waals surface area contributed by atoms with Crippen LogP contribution in [-0.2, 0) is 16.9 Å². The zero-order valence-corrected chi connectivity index (χ0v) is 10.9. The van der Waals surface area contributed by atoms with Crippen LogP contribution in [0.1, 0.15) is 23.9 Å². The van der Waals surface area contributed by atoms with E-state index in [1.165, 1.54) is 6.26 Å². The van der Waals surface area contributed by atoms with Crippen molar-refractivity contribution < 1.29 is 8.42 Å².